The molecule has 1 heterocycles. The first-order valence-electron chi connectivity index (χ1n) is 9.93. The molecule has 0 aliphatic carbocycles. The number of phenols is 1. The Morgan fingerprint density at radius 1 is 1.12 bits per heavy atom. The van der Waals surface area contributed by atoms with E-state index in [0.29, 0.717) is 11.1 Å². The third kappa shape index (κ3) is 5.44. The number of para-hydroxylation sites is 1. The van der Waals surface area contributed by atoms with Gasteiger partial charge in [-0.15, -0.1) is 11.3 Å². The number of aromatic hydroxyl groups is 1. The lowest BCUT2D eigenvalue weighted by Crippen LogP contribution is -2.17. The lowest BCUT2D eigenvalue weighted by Gasteiger charge is -2.09. The van der Waals surface area contributed by atoms with Crippen molar-refractivity contribution in [3.05, 3.63) is 77.4 Å². The lowest BCUT2D eigenvalue weighted by atomic mass is 10.1. The number of thioether (sulfide) groups is 1. The van der Waals surface area contributed by atoms with E-state index in [1.54, 1.807) is 47.4 Å². The van der Waals surface area contributed by atoms with Crippen molar-refractivity contribution in [2.45, 2.75) is 10.1 Å². The first-order valence-corrected chi connectivity index (χ1v) is 11.7. The zero-order valence-corrected chi connectivity index (χ0v) is 19.6. The molecule has 0 unspecified atom stereocenters. The molecule has 168 valence electrons. The third-order valence-corrected chi connectivity index (χ3v) is 6.99. The number of rotatable bonds is 8. The molecule has 7 nitrogen and oxygen atoms in total. The Labute approximate surface area is 199 Å². The second kappa shape index (κ2) is 10.4. The van der Waals surface area contributed by atoms with Crippen LogP contribution in [0.15, 0.2) is 70.1 Å². The number of hydrazone groups is 1. The molecule has 0 saturated heterocycles. The number of benzene rings is 3. The van der Waals surface area contributed by atoms with Gasteiger partial charge >= 0.3 is 0 Å². The fourth-order valence-electron chi connectivity index (χ4n) is 3.03. The number of ether oxygens (including phenoxy) is 2. The van der Waals surface area contributed by atoms with Crippen molar-refractivity contribution in [2.24, 2.45) is 5.10 Å². The number of nitrogens with one attached hydrogen (secondary N) is 1. The van der Waals surface area contributed by atoms with Gasteiger partial charge in [0.1, 0.15) is 0 Å². The van der Waals surface area contributed by atoms with Crippen molar-refractivity contribution in [1.29, 1.82) is 0 Å². The highest BCUT2D eigenvalue weighted by atomic mass is 32.2. The van der Waals surface area contributed by atoms with Gasteiger partial charge in [-0.25, -0.2) is 10.4 Å². The van der Waals surface area contributed by atoms with Gasteiger partial charge < -0.3 is 14.6 Å². The molecule has 0 radical (unpaired) electrons. The minimum atomic E-state index is -0.325. The summed E-state index contributed by atoms with van der Waals surface area (Å²) < 4.78 is 12.4. The van der Waals surface area contributed by atoms with Gasteiger partial charge in [-0.05, 0) is 42.0 Å². The first kappa shape index (κ1) is 22.6. The average Bonchev–Trinajstić information content (AvgIpc) is 3.27. The summed E-state index contributed by atoms with van der Waals surface area (Å²) in [7, 11) is 2.89. The highest BCUT2D eigenvalue weighted by Crippen LogP contribution is 2.36. The van der Waals surface area contributed by atoms with Crippen LogP contribution in [0.5, 0.6) is 17.2 Å². The highest BCUT2D eigenvalue weighted by molar-refractivity contribution is 8.00. The van der Waals surface area contributed by atoms with E-state index in [0.717, 1.165) is 21.2 Å². The Morgan fingerprint density at radius 2 is 1.82 bits per heavy atom. The van der Waals surface area contributed by atoms with E-state index in [1.165, 1.54) is 25.1 Å². The zero-order chi connectivity index (χ0) is 23.2. The van der Waals surface area contributed by atoms with Crippen LogP contribution in [0.3, 0.4) is 0 Å². The second-order valence-corrected chi connectivity index (χ2v) is 9.16. The molecule has 0 spiro atoms. The fraction of sp³-hybridized carbons (Fsp3) is 0.125. The summed E-state index contributed by atoms with van der Waals surface area (Å²) in [4.78, 5) is 17.0. The van der Waals surface area contributed by atoms with E-state index < -0.39 is 0 Å². The van der Waals surface area contributed by atoms with Crippen LogP contribution in [0, 0.1) is 0 Å². The quantitative estimate of drug-likeness (QED) is 0.208. The van der Waals surface area contributed by atoms with Gasteiger partial charge in [0.05, 0.1) is 30.7 Å². The third-order valence-electron chi connectivity index (χ3n) is 4.73. The predicted octanol–water partition coefficient (Wildman–Crippen LogP) is 5.08. The van der Waals surface area contributed by atoms with Crippen LogP contribution in [0.1, 0.15) is 21.5 Å². The Hall–Kier alpha value is -3.56. The van der Waals surface area contributed by atoms with Crippen LogP contribution in [0.4, 0.5) is 0 Å². The van der Waals surface area contributed by atoms with E-state index in [4.69, 9.17) is 9.47 Å². The molecule has 33 heavy (non-hydrogen) atoms. The first-order chi connectivity index (χ1) is 16.1. The molecule has 0 fully saturated rings. The second-order valence-electron chi connectivity index (χ2n) is 6.91. The summed E-state index contributed by atoms with van der Waals surface area (Å²) in [5, 5.41) is 14.0. The molecule has 1 aromatic heterocycles. The van der Waals surface area contributed by atoms with Crippen LogP contribution in [0.25, 0.3) is 10.2 Å². The molecular weight excluding hydrogens is 458 g/mol. The summed E-state index contributed by atoms with van der Waals surface area (Å²) >= 11 is 3.36. The highest BCUT2D eigenvalue weighted by Gasteiger charge is 2.11. The number of methoxy groups -OCH3 is 2. The van der Waals surface area contributed by atoms with E-state index in [2.05, 4.69) is 21.6 Å². The number of fused-ring (bicyclic) bond motifs is 1. The van der Waals surface area contributed by atoms with Crippen LogP contribution in [0.2, 0.25) is 0 Å². The SMILES string of the molecule is COc1cc(C=NNC(=O)c2ccc(CSc3nc4ccccc4s3)cc2)cc(OC)c1O. The lowest BCUT2D eigenvalue weighted by molar-refractivity contribution is 0.0955. The van der Waals surface area contributed by atoms with Crippen molar-refractivity contribution in [3.8, 4) is 17.2 Å². The van der Waals surface area contributed by atoms with Gasteiger partial charge in [-0.1, -0.05) is 36.0 Å². The van der Waals surface area contributed by atoms with E-state index in [9.17, 15) is 9.90 Å². The number of hydrogen-bond donors (Lipinski definition) is 2. The summed E-state index contributed by atoms with van der Waals surface area (Å²) in [6.45, 7) is 0. The standard InChI is InChI=1S/C24H21N3O4S2/c1-30-19-11-16(12-20(31-2)22(19)28)13-25-27-23(29)17-9-7-15(8-10-17)14-32-24-26-18-5-3-4-6-21(18)33-24/h3-13,28H,14H2,1-2H3,(H,27,29). The maximum atomic E-state index is 12.4. The molecule has 4 rings (SSSR count). The number of nitrogens with zero attached hydrogens (tertiary/aromatic N) is 2. The summed E-state index contributed by atoms with van der Waals surface area (Å²) in [5.74, 6) is 0.851. The topological polar surface area (TPSA) is 93.0 Å². The van der Waals surface area contributed by atoms with Crippen LogP contribution >= 0.6 is 23.1 Å². The van der Waals surface area contributed by atoms with Crippen molar-refractivity contribution in [1.82, 2.24) is 10.4 Å². The Bertz CT molecular complexity index is 1240. The van der Waals surface area contributed by atoms with Gasteiger partial charge in [0.2, 0.25) is 5.75 Å². The fourth-order valence-corrected chi connectivity index (χ4v) is 5.05. The van der Waals surface area contributed by atoms with Crippen LogP contribution in [-0.4, -0.2) is 36.4 Å². The molecule has 0 aliphatic heterocycles. The van der Waals surface area contributed by atoms with E-state index >= 15 is 0 Å². The minimum absolute atomic E-state index is 0.0948. The molecule has 0 saturated carbocycles. The molecule has 0 bridgehead atoms. The molecule has 1 amide bonds. The van der Waals surface area contributed by atoms with Gasteiger partial charge in [0.15, 0.2) is 15.8 Å². The summed E-state index contributed by atoms with van der Waals surface area (Å²) in [5.41, 5.74) is 5.72. The van der Waals surface area contributed by atoms with E-state index in [1.807, 2.05) is 30.3 Å². The summed E-state index contributed by atoms with van der Waals surface area (Å²) in [6.07, 6.45) is 1.45. The molecular formula is C24H21N3O4S2. The average molecular weight is 480 g/mol. The molecule has 3 aromatic carbocycles. The molecule has 9 heteroatoms. The largest absolute Gasteiger partial charge is 0.502 e. The minimum Gasteiger partial charge on any atom is -0.502 e. The van der Waals surface area contributed by atoms with Crippen molar-refractivity contribution >= 4 is 45.4 Å². The maximum Gasteiger partial charge on any atom is 0.271 e. The van der Waals surface area contributed by atoms with Crippen molar-refractivity contribution < 1.29 is 19.4 Å². The Morgan fingerprint density at radius 3 is 2.48 bits per heavy atom. The number of carbonyl (C=O) groups is 1. The molecule has 0 atom stereocenters. The number of carbonyl (C=O) groups excluding carboxylic acids is 1. The van der Waals surface area contributed by atoms with Crippen LogP contribution in [-0.2, 0) is 5.75 Å². The van der Waals surface area contributed by atoms with Gasteiger partial charge in [0.25, 0.3) is 5.91 Å². The molecule has 0 aliphatic rings. The Balaban J connectivity index is 1.34. The predicted molar refractivity (Wildman–Crippen MR) is 132 cm³/mol. The Kier molecular flexibility index (Phi) is 7.11. The summed E-state index contributed by atoms with van der Waals surface area (Å²) in [6, 6.07) is 18.7. The van der Waals surface area contributed by atoms with Crippen LogP contribution < -0.4 is 14.9 Å². The zero-order valence-electron chi connectivity index (χ0n) is 17.9. The van der Waals surface area contributed by atoms with Crippen molar-refractivity contribution in [2.75, 3.05) is 14.2 Å². The number of phenolic OH excluding ortho intramolecular Hbond substituents is 1. The smallest absolute Gasteiger partial charge is 0.271 e. The number of hydrogen-bond acceptors (Lipinski definition) is 8. The number of aromatic nitrogens is 1. The van der Waals surface area contributed by atoms with E-state index in [-0.39, 0.29) is 23.2 Å². The van der Waals surface area contributed by atoms with Gasteiger partial charge in [-0.2, -0.15) is 5.10 Å². The van der Waals surface area contributed by atoms with Gasteiger partial charge in [-0.3, -0.25) is 4.79 Å². The number of amides is 1. The number of thiazole rings is 1. The molecule has 4 aromatic rings. The monoisotopic (exact) mass is 479 g/mol. The van der Waals surface area contributed by atoms with Crippen molar-refractivity contribution in [3.63, 3.8) is 0 Å². The normalized spacial score (nSPS) is 11.1. The van der Waals surface area contributed by atoms with Gasteiger partial charge in [0, 0.05) is 16.9 Å². The molecule has 2 N–H and O–H groups in total. The maximum absolute atomic E-state index is 12.4.